The number of nitrogens with zero attached hydrogens (tertiary/aromatic N) is 2. The van der Waals surface area contributed by atoms with E-state index in [1.807, 2.05) is 6.92 Å². The van der Waals surface area contributed by atoms with Gasteiger partial charge in [-0.15, -0.1) is 10.2 Å². The molecule has 0 unspecified atom stereocenters. The maximum Gasteiger partial charge on any atom is 0.277 e. The van der Waals surface area contributed by atoms with Crippen molar-refractivity contribution in [3.05, 3.63) is 12.1 Å². The van der Waals surface area contributed by atoms with Crippen LogP contribution in [0.4, 0.5) is 0 Å². The molecule has 0 spiro atoms. The fraction of sp³-hybridized carbons (Fsp3) is 0.526. The first kappa shape index (κ1) is 20.3. The molecule has 152 valence electrons. The summed E-state index contributed by atoms with van der Waals surface area (Å²) in [6.45, 7) is 1.83. The standard InChI is InChI=1S/C19H25N3O5S/c1-11(17(23)20-13-7-5-6-8-13)28-19-22-21-18(27-19)12-9-14(24-2)16(26-4)15(10-12)25-3/h9-11,13H,5-8H2,1-4H3,(H,20,23)/t11-/m0/s1. The molecular formula is C19H25N3O5S. The minimum Gasteiger partial charge on any atom is -0.493 e. The van der Waals surface area contributed by atoms with Gasteiger partial charge < -0.3 is 23.9 Å². The molecule has 8 nitrogen and oxygen atoms in total. The summed E-state index contributed by atoms with van der Waals surface area (Å²) in [5, 5.41) is 11.2. The van der Waals surface area contributed by atoms with Crippen LogP contribution in [0.5, 0.6) is 17.2 Å². The molecule has 0 aliphatic heterocycles. The van der Waals surface area contributed by atoms with E-state index in [4.69, 9.17) is 18.6 Å². The van der Waals surface area contributed by atoms with Crippen molar-refractivity contribution in [2.45, 2.75) is 49.1 Å². The van der Waals surface area contributed by atoms with Crippen molar-refractivity contribution in [1.82, 2.24) is 15.5 Å². The second-order valence-electron chi connectivity index (χ2n) is 6.54. The zero-order valence-electron chi connectivity index (χ0n) is 16.5. The third-order valence-electron chi connectivity index (χ3n) is 4.67. The Bertz CT molecular complexity index is 795. The van der Waals surface area contributed by atoms with Crippen molar-refractivity contribution in [3.63, 3.8) is 0 Å². The van der Waals surface area contributed by atoms with E-state index in [1.165, 1.54) is 24.6 Å². The lowest BCUT2D eigenvalue weighted by atomic mass is 10.2. The summed E-state index contributed by atoms with van der Waals surface area (Å²) in [5.41, 5.74) is 0.636. The van der Waals surface area contributed by atoms with Crippen molar-refractivity contribution in [2.24, 2.45) is 0 Å². The number of hydrogen-bond acceptors (Lipinski definition) is 8. The van der Waals surface area contributed by atoms with Gasteiger partial charge in [-0.1, -0.05) is 24.6 Å². The summed E-state index contributed by atoms with van der Waals surface area (Å²) in [6.07, 6.45) is 4.45. The number of aromatic nitrogens is 2. The first-order chi connectivity index (χ1) is 13.5. The molecule has 9 heteroatoms. The van der Waals surface area contributed by atoms with E-state index < -0.39 is 0 Å². The maximum atomic E-state index is 12.3. The average molecular weight is 407 g/mol. The van der Waals surface area contributed by atoms with Gasteiger partial charge in [0, 0.05) is 11.6 Å². The molecule has 1 fully saturated rings. The number of carbonyl (C=O) groups is 1. The first-order valence-electron chi connectivity index (χ1n) is 9.16. The van der Waals surface area contributed by atoms with Crippen molar-refractivity contribution in [1.29, 1.82) is 0 Å². The number of methoxy groups -OCH3 is 3. The molecule has 1 aromatic heterocycles. The molecule has 1 heterocycles. The summed E-state index contributed by atoms with van der Waals surface area (Å²) in [7, 11) is 4.63. The largest absolute Gasteiger partial charge is 0.493 e. The van der Waals surface area contributed by atoms with E-state index in [9.17, 15) is 4.79 Å². The second kappa shape index (κ2) is 9.18. The highest BCUT2D eigenvalue weighted by Gasteiger charge is 2.24. The van der Waals surface area contributed by atoms with Crippen LogP contribution < -0.4 is 19.5 Å². The van der Waals surface area contributed by atoms with E-state index in [0.717, 1.165) is 12.8 Å². The number of benzene rings is 1. The zero-order chi connectivity index (χ0) is 20.1. The van der Waals surface area contributed by atoms with Gasteiger partial charge in [-0.05, 0) is 31.9 Å². The monoisotopic (exact) mass is 407 g/mol. The zero-order valence-corrected chi connectivity index (χ0v) is 17.3. The van der Waals surface area contributed by atoms with Gasteiger partial charge in [0.1, 0.15) is 0 Å². The van der Waals surface area contributed by atoms with Gasteiger partial charge in [0.05, 0.1) is 26.6 Å². The van der Waals surface area contributed by atoms with Gasteiger partial charge in [-0.3, -0.25) is 4.79 Å². The number of rotatable bonds is 8. The number of amides is 1. The SMILES string of the molecule is COc1cc(-c2nnc(S[C@@H](C)C(=O)NC3CCCC3)o2)cc(OC)c1OC. The van der Waals surface area contributed by atoms with Gasteiger partial charge in [0.25, 0.3) is 5.22 Å². The maximum absolute atomic E-state index is 12.3. The molecular weight excluding hydrogens is 382 g/mol. The Morgan fingerprint density at radius 1 is 1.14 bits per heavy atom. The third kappa shape index (κ3) is 4.52. The average Bonchev–Trinajstić information content (AvgIpc) is 3.38. The lowest BCUT2D eigenvalue weighted by Crippen LogP contribution is -2.37. The fourth-order valence-corrected chi connectivity index (χ4v) is 3.86. The molecule has 0 saturated heterocycles. The molecule has 0 radical (unpaired) electrons. The van der Waals surface area contributed by atoms with Crippen LogP contribution in [0.25, 0.3) is 11.5 Å². The summed E-state index contributed by atoms with van der Waals surface area (Å²) < 4.78 is 21.8. The van der Waals surface area contributed by atoms with Crippen LogP contribution in [0, 0.1) is 0 Å². The first-order valence-corrected chi connectivity index (χ1v) is 10.0. The lowest BCUT2D eigenvalue weighted by Gasteiger charge is -2.15. The van der Waals surface area contributed by atoms with E-state index in [2.05, 4.69) is 15.5 Å². The van der Waals surface area contributed by atoms with Gasteiger partial charge in [-0.2, -0.15) is 0 Å². The van der Waals surface area contributed by atoms with Crippen LogP contribution in [0.2, 0.25) is 0 Å². The Balaban J connectivity index is 1.72. The van der Waals surface area contributed by atoms with E-state index in [-0.39, 0.29) is 17.2 Å². The molecule has 1 aliphatic rings. The normalized spacial score (nSPS) is 15.3. The molecule has 0 bridgehead atoms. The topological polar surface area (TPSA) is 95.7 Å². The lowest BCUT2D eigenvalue weighted by molar-refractivity contribution is -0.120. The predicted molar refractivity (Wildman–Crippen MR) is 105 cm³/mol. The Kier molecular flexibility index (Phi) is 6.66. The van der Waals surface area contributed by atoms with Gasteiger partial charge in [-0.25, -0.2) is 0 Å². The van der Waals surface area contributed by atoms with E-state index >= 15 is 0 Å². The second-order valence-corrected chi connectivity index (χ2v) is 7.83. The van der Waals surface area contributed by atoms with Crippen LogP contribution >= 0.6 is 11.8 Å². The molecule has 2 aromatic rings. The molecule has 1 N–H and O–H groups in total. The van der Waals surface area contributed by atoms with Crippen molar-refractivity contribution in [3.8, 4) is 28.7 Å². The van der Waals surface area contributed by atoms with Crippen LogP contribution in [0.3, 0.4) is 0 Å². The highest BCUT2D eigenvalue weighted by Crippen LogP contribution is 2.41. The van der Waals surface area contributed by atoms with Gasteiger partial charge >= 0.3 is 0 Å². The number of carbonyl (C=O) groups excluding carboxylic acids is 1. The highest BCUT2D eigenvalue weighted by atomic mass is 32.2. The smallest absolute Gasteiger partial charge is 0.277 e. The van der Waals surface area contributed by atoms with Crippen molar-refractivity contribution >= 4 is 17.7 Å². The molecule has 1 aliphatic carbocycles. The summed E-state index contributed by atoms with van der Waals surface area (Å²) in [4.78, 5) is 12.3. The quantitative estimate of drug-likeness (QED) is 0.666. The Hall–Kier alpha value is -2.42. The van der Waals surface area contributed by atoms with Crippen LogP contribution in [0.1, 0.15) is 32.6 Å². The van der Waals surface area contributed by atoms with Gasteiger partial charge in [0.2, 0.25) is 17.5 Å². The molecule has 1 aromatic carbocycles. The number of nitrogens with one attached hydrogen (secondary N) is 1. The number of ether oxygens (including phenoxy) is 3. The number of hydrogen-bond donors (Lipinski definition) is 1. The van der Waals surface area contributed by atoms with Crippen LogP contribution in [0.15, 0.2) is 21.8 Å². The molecule has 1 atom stereocenters. The Morgan fingerprint density at radius 2 is 1.79 bits per heavy atom. The molecule has 1 amide bonds. The predicted octanol–water partition coefficient (Wildman–Crippen LogP) is 3.30. The van der Waals surface area contributed by atoms with Gasteiger partial charge in [0.15, 0.2) is 11.5 Å². The Morgan fingerprint density at radius 3 is 2.36 bits per heavy atom. The molecule has 3 rings (SSSR count). The Labute approximate surface area is 168 Å². The molecule has 28 heavy (non-hydrogen) atoms. The van der Waals surface area contributed by atoms with Crippen LogP contribution in [-0.2, 0) is 4.79 Å². The van der Waals surface area contributed by atoms with Crippen molar-refractivity contribution < 1.29 is 23.4 Å². The van der Waals surface area contributed by atoms with E-state index in [1.54, 1.807) is 33.5 Å². The van der Waals surface area contributed by atoms with E-state index in [0.29, 0.717) is 33.9 Å². The number of thioether (sulfide) groups is 1. The summed E-state index contributed by atoms with van der Waals surface area (Å²) >= 11 is 1.24. The van der Waals surface area contributed by atoms with Crippen LogP contribution in [-0.4, -0.2) is 48.7 Å². The minimum absolute atomic E-state index is 0.00978. The minimum atomic E-state index is -0.325. The summed E-state index contributed by atoms with van der Waals surface area (Å²) in [5.74, 6) is 1.77. The molecule has 1 saturated carbocycles. The third-order valence-corrected chi connectivity index (χ3v) is 5.60. The fourth-order valence-electron chi connectivity index (χ4n) is 3.17. The summed E-state index contributed by atoms with van der Waals surface area (Å²) in [6, 6.07) is 3.76. The highest BCUT2D eigenvalue weighted by molar-refractivity contribution is 8.00. The van der Waals surface area contributed by atoms with Crippen molar-refractivity contribution in [2.75, 3.05) is 21.3 Å².